The average molecular weight is 270 g/mol. The van der Waals surface area contributed by atoms with Gasteiger partial charge in [0.15, 0.2) is 5.82 Å². The van der Waals surface area contributed by atoms with Crippen LogP contribution in [0.25, 0.3) is 17.1 Å². The summed E-state index contributed by atoms with van der Waals surface area (Å²) in [5.41, 5.74) is 2.94. The van der Waals surface area contributed by atoms with Crippen LogP contribution in [0.1, 0.15) is 5.56 Å². The van der Waals surface area contributed by atoms with Gasteiger partial charge in [-0.05, 0) is 30.7 Å². The highest BCUT2D eigenvalue weighted by atomic mass is 35.5. The van der Waals surface area contributed by atoms with E-state index >= 15 is 0 Å². The zero-order valence-electron chi connectivity index (χ0n) is 10.4. The number of benzene rings is 2. The molecule has 0 N–H and O–H groups in total. The maximum absolute atomic E-state index is 6.36. The van der Waals surface area contributed by atoms with Crippen LogP contribution in [0.4, 0.5) is 0 Å². The minimum absolute atomic E-state index is 0.715. The average Bonchev–Trinajstić information content (AvgIpc) is 2.92. The molecule has 0 saturated heterocycles. The zero-order chi connectivity index (χ0) is 13.2. The molecule has 0 saturated carbocycles. The van der Waals surface area contributed by atoms with E-state index in [0.717, 1.165) is 22.6 Å². The van der Waals surface area contributed by atoms with Crippen molar-refractivity contribution in [2.75, 3.05) is 0 Å². The molecule has 19 heavy (non-hydrogen) atoms. The third kappa shape index (κ3) is 2.13. The molecule has 1 aromatic heterocycles. The second-order valence-electron chi connectivity index (χ2n) is 4.30. The van der Waals surface area contributed by atoms with Gasteiger partial charge in [-0.1, -0.05) is 41.9 Å². The predicted molar refractivity (Wildman–Crippen MR) is 76.5 cm³/mol. The lowest BCUT2D eigenvalue weighted by molar-refractivity contribution is 1.06. The molecule has 0 amide bonds. The Balaban J connectivity index is 2.18. The zero-order valence-corrected chi connectivity index (χ0v) is 11.2. The number of aromatic nitrogens is 3. The van der Waals surface area contributed by atoms with E-state index < -0.39 is 0 Å². The number of hydrogen-bond acceptors (Lipinski definition) is 2. The van der Waals surface area contributed by atoms with Crippen LogP contribution in [-0.4, -0.2) is 14.8 Å². The first-order valence-corrected chi connectivity index (χ1v) is 6.36. The molecule has 1 heterocycles. The van der Waals surface area contributed by atoms with E-state index in [1.165, 1.54) is 0 Å². The van der Waals surface area contributed by atoms with Crippen molar-refractivity contribution in [2.45, 2.75) is 6.92 Å². The Morgan fingerprint density at radius 2 is 1.79 bits per heavy atom. The maximum Gasteiger partial charge on any atom is 0.169 e. The molecule has 4 heteroatoms. The lowest BCUT2D eigenvalue weighted by Crippen LogP contribution is -1.96. The monoisotopic (exact) mass is 269 g/mol. The van der Waals surface area contributed by atoms with Crippen molar-refractivity contribution in [2.24, 2.45) is 0 Å². The van der Waals surface area contributed by atoms with Gasteiger partial charge in [0, 0.05) is 11.3 Å². The Kier molecular flexibility index (Phi) is 3.05. The van der Waals surface area contributed by atoms with Crippen LogP contribution in [-0.2, 0) is 0 Å². The van der Waals surface area contributed by atoms with Crippen molar-refractivity contribution in [3.63, 3.8) is 0 Å². The lowest BCUT2D eigenvalue weighted by atomic mass is 10.1. The van der Waals surface area contributed by atoms with Gasteiger partial charge in [0.05, 0.1) is 5.02 Å². The Morgan fingerprint density at radius 1 is 1.00 bits per heavy atom. The van der Waals surface area contributed by atoms with Crippen molar-refractivity contribution in [3.8, 4) is 17.1 Å². The topological polar surface area (TPSA) is 30.7 Å². The standard InChI is InChI=1S/C15H12ClN3/c1-11-6-5-9-13(14(11)16)15-18-17-10-19(15)12-7-3-2-4-8-12/h2-10H,1H3. The molecular weight excluding hydrogens is 258 g/mol. The van der Waals surface area contributed by atoms with E-state index in [2.05, 4.69) is 10.2 Å². The summed E-state index contributed by atoms with van der Waals surface area (Å²) in [5, 5.41) is 8.91. The van der Waals surface area contributed by atoms with Gasteiger partial charge in [0.2, 0.25) is 0 Å². The van der Waals surface area contributed by atoms with Crippen molar-refractivity contribution in [1.29, 1.82) is 0 Å². The fourth-order valence-corrected chi connectivity index (χ4v) is 2.23. The summed E-state index contributed by atoms with van der Waals surface area (Å²) in [6, 6.07) is 15.9. The van der Waals surface area contributed by atoms with E-state index in [0.29, 0.717) is 5.02 Å². The summed E-state index contributed by atoms with van der Waals surface area (Å²) in [7, 11) is 0. The lowest BCUT2D eigenvalue weighted by Gasteiger charge is -2.09. The normalized spacial score (nSPS) is 10.6. The van der Waals surface area contributed by atoms with Gasteiger partial charge in [0.25, 0.3) is 0 Å². The van der Waals surface area contributed by atoms with Gasteiger partial charge in [-0.15, -0.1) is 10.2 Å². The Bertz CT molecular complexity index is 704. The molecule has 0 radical (unpaired) electrons. The number of hydrogen-bond donors (Lipinski definition) is 0. The first-order chi connectivity index (χ1) is 9.27. The SMILES string of the molecule is Cc1cccc(-c2nncn2-c2ccccc2)c1Cl. The van der Waals surface area contributed by atoms with E-state index in [1.807, 2.05) is 60.0 Å². The van der Waals surface area contributed by atoms with E-state index in [9.17, 15) is 0 Å². The van der Waals surface area contributed by atoms with Crippen LogP contribution < -0.4 is 0 Å². The van der Waals surface area contributed by atoms with Crippen LogP contribution in [0.2, 0.25) is 5.02 Å². The molecular formula is C15H12ClN3. The van der Waals surface area contributed by atoms with Gasteiger partial charge < -0.3 is 0 Å². The maximum atomic E-state index is 6.36. The van der Waals surface area contributed by atoms with E-state index in [-0.39, 0.29) is 0 Å². The number of nitrogens with zero attached hydrogens (tertiary/aromatic N) is 3. The van der Waals surface area contributed by atoms with Crippen molar-refractivity contribution in [1.82, 2.24) is 14.8 Å². The first kappa shape index (κ1) is 11.9. The van der Waals surface area contributed by atoms with Crippen LogP contribution in [0.15, 0.2) is 54.9 Å². The highest BCUT2D eigenvalue weighted by molar-refractivity contribution is 6.33. The highest BCUT2D eigenvalue weighted by Gasteiger charge is 2.13. The highest BCUT2D eigenvalue weighted by Crippen LogP contribution is 2.30. The number of halogens is 1. The molecule has 2 aromatic carbocycles. The van der Waals surface area contributed by atoms with E-state index in [1.54, 1.807) is 6.33 Å². The van der Waals surface area contributed by atoms with Gasteiger partial charge in [-0.3, -0.25) is 4.57 Å². The molecule has 0 atom stereocenters. The second kappa shape index (κ2) is 4.86. The van der Waals surface area contributed by atoms with Gasteiger partial charge >= 0.3 is 0 Å². The van der Waals surface area contributed by atoms with Crippen molar-refractivity contribution < 1.29 is 0 Å². The van der Waals surface area contributed by atoms with Crippen molar-refractivity contribution in [3.05, 3.63) is 65.4 Å². The molecule has 0 spiro atoms. The minimum atomic E-state index is 0.715. The molecule has 0 aliphatic rings. The van der Waals surface area contributed by atoms with E-state index in [4.69, 9.17) is 11.6 Å². The van der Waals surface area contributed by atoms with Gasteiger partial charge in [-0.25, -0.2) is 0 Å². The van der Waals surface area contributed by atoms with Crippen LogP contribution in [0.5, 0.6) is 0 Å². The van der Waals surface area contributed by atoms with Crippen molar-refractivity contribution >= 4 is 11.6 Å². The summed E-state index contributed by atoms with van der Waals surface area (Å²) in [6.07, 6.45) is 1.70. The largest absolute Gasteiger partial charge is 0.282 e. The number of para-hydroxylation sites is 1. The fraction of sp³-hybridized carbons (Fsp3) is 0.0667. The molecule has 0 unspecified atom stereocenters. The summed E-state index contributed by atoms with van der Waals surface area (Å²) >= 11 is 6.36. The summed E-state index contributed by atoms with van der Waals surface area (Å²) < 4.78 is 1.93. The molecule has 3 rings (SSSR count). The Morgan fingerprint density at radius 3 is 2.58 bits per heavy atom. The minimum Gasteiger partial charge on any atom is -0.282 e. The second-order valence-corrected chi connectivity index (χ2v) is 4.67. The summed E-state index contributed by atoms with van der Waals surface area (Å²) in [5.74, 6) is 0.750. The van der Waals surface area contributed by atoms with Crippen LogP contribution >= 0.6 is 11.6 Å². The molecule has 3 nitrogen and oxygen atoms in total. The first-order valence-electron chi connectivity index (χ1n) is 5.98. The summed E-state index contributed by atoms with van der Waals surface area (Å²) in [6.45, 7) is 1.98. The molecule has 0 fully saturated rings. The third-order valence-corrected chi connectivity index (χ3v) is 3.52. The third-order valence-electron chi connectivity index (χ3n) is 3.01. The summed E-state index contributed by atoms with van der Waals surface area (Å²) in [4.78, 5) is 0. The van der Waals surface area contributed by atoms with Crippen LogP contribution in [0.3, 0.4) is 0 Å². The molecule has 0 aliphatic carbocycles. The molecule has 3 aromatic rings. The Labute approximate surface area is 116 Å². The molecule has 0 bridgehead atoms. The smallest absolute Gasteiger partial charge is 0.169 e. The quantitative estimate of drug-likeness (QED) is 0.706. The number of aryl methyl sites for hydroxylation is 1. The Hall–Kier alpha value is -2.13. The predicted octanol–water partition coefficient (Wildman–Crippen LogP) is 3.90. The van der Waals surface area contributed by atoms with Crippen LogP contribution in [0, 0.1) is 6.92 Å². The van der Waals surface area contributed by atoms with Gasteiger partial charge in [0.1, 0.15) is 6.33 Å². The number of rotatable bonds is 2. The van der Waals surface area contributed by atoms with Gasteiger partial charge in [-0.2, -0.15) is 0 Å². The fourth-order valence-electron chi connectivity index (χ4n) is 2.02. The molecule has 94 valence electrons. The molecule has 0 aliphatic heterocycles.